The van der Waals surface area contributed by atoms with Gasteiger partial charge in [0.2, 0.25) is 0 Å². The van der Waals surface area contributed by atoms with Crippen LogP contribution in [0.3, 0.4) is 0 Å². The van der Waals surface area contributed by atoms with Crippen molar-refractivity contribution in [2.45, 2.75) is 39.8 Å². The fourth-order valence-corrected chi connectivity index (χ4v) is 3.09. The first-order valence-electron chi connectivity index (χ1n) is 9.64. The van der Waals surface area contributed by atoms with Crippen LogP contribution in [0, 0.1) is 13.8 Å². The maximum atomic E-state index is 10.9. The van der Waals surface area contributed by atoms with Gasteiger partial charge in [-0.25, -0.2) is 15.0 Å². The van der Waals surface area contributed by atoms with Gasteiger partial charge in [0.1, 0.15) is 29.3 Å². The summed E-state index contributed by atoms with van der Waals surface area (Å²) < 4.78 is 7.40. The third-order valence-corrected chi connectivity index (χ3v) is 4.56. The van der Waals surface area contributed by atoms with Gasteiger partial charge in [0.25, 0.3) is 0 Å². The zero-order valence-corrected chi connectivity index (χ0v) is 20.0. The van der Waals surface area contributed by atoms with Gasteiger partial charge >= 0.3 is 0 Å². The first kappa shape index (κ1) is 23.9. The van der Waals surface area contributed by atoms with Gasteiger partial charge in [-0.15, -0.1) is 24.0 Å². The molecule has 0 amide bonds. The molecular formula is C21H29IN6O2. The van der Waals surface area contributed by atoms with Crippen LogP contribution in [0.4, 0.5) is 0 Å². The lowest BCUT2D eigenvalue weighted by atomic mass is 9.96. The number of halogens is 1. The highest BCUT2D eigenvalue weighted by Crippen LogP contribution is 2.26. The van der Waals surface area contributed by atoms with Crippen molar-refractivity contribution in [3.63, 3.8) is 0 Å². The minimum atomic E-state index is -1.08. The minimum Gasteiger partial charge on any atom is -0.466 e. The predicted molar refractivity (Wildman–Crippen MR) is 127 cm³/mol. The second-order valence-corrected chi connectivity index (χ2v) is 7.14. The summed E-state index contributed by atoms with van der Waals surface area (Å²) in [5.41, 5.74) is 0.684. The van der Waals surface area contributed by atoms with Crippen LogP contribution in [0.25, 0.3) is 5.82 Å². The number of hydrogen-bond donors (Lipinski definition) is 3. The Morgan fingerprint density at radius 1 is 1.30 bits per heavy atom. The molecule has 3 aromatic rings. The lowest BCUT2D eigenvalue weighted by Gasteiger charge is -2.24. The number of nitrogens with zero attached hydrogens (tertiary/aromatic N) is 4. The van der Waals surface area contributed by atoms with Crippen LogP contribution in [0.5, 0.6) is 0 Å². The van der Waals surface area contributed by atoms with E-state index in [1.165, 1.54) is 0 Å². The quantitative estimate of drug-likeness (QED) is 0.250. The number of nitrogens with one attached hydrogen (secondary N) is 2. The van der Waals surface area contributed by atoms with E-state index in [1.807, 2.05) is 49.7 Å². The Labute approximate surface area is 193 Å². The number of aliphatic hydroxyl groups is 1. The molecule has 0 aliphatic carbocycles. The van der Waals surface area contributed by atoms with E-state index in [-0.39, 0.29) is 24.0 Å². The minimum absolute atomic E-state index is 0. The molecule has 0 fully saturated rings. The van der Waals surface area contributed by atoms with Gasteiger partial charge < -0.3 is 20.2 Å². The molecule has 1 atom stereocenters. The van der Waals surface area contributed by atoms with Crippen LogP contribution in [0.1, 0.15) is 36.5 Å². The van der Waals surface area contributed by atoms with Crippen molar-refractivity contribution in [1.82, 2.24) is 25.2 Å². The largest absolute Gasteiger partial charge is 0.466 e. The fraction of sp³-hybridized carbons (Fsp3) is 0.381. The number of aryl methyl sites for hydroxylation is 2. The van der Waals surface area contributed by atoms with Crippen molar-refractivity contribution in [3.8, 4) is 5.82 Å². The Bertz CT molecular complexity index is 949. The Morgan fingerprint density at radius 3 is 2.67 bits per heavy atom. The molecule has 0 saturated carbocycles. The molecule has 0 bridgehead atoms. The second-order valence-electron chi connectivity index (χ2n) is 7.14. The molecule has 0 aliphatic heterocycles. The molecular weight excluding hydrogens is 495 g/mol. The molecule has 30 heavy (non-hydrogen) atoms. The highest BCUT2D eigenvalue weighted by Gasteiger charge is 2.27. The van der Waals surface area contributed by atoms with Gasteiger partial charge in [0.05, 0.1) is 13.1 Å². The summed E-state index contributed by atoms with van der Waals surface area (Å²) in [7, 11) is 0. The summed E-state index contributed by atoms with van der Waals surface area (Å²) in [6, 6.07) is 5.79. The van der Waals surface area contributed by atoms with Crippen molar-refractivity contribution in [2.24, 2.45) is 4.99 Å². The monoisotopic (exact) mass is 524 g/mol. The van der Waals surface area contributed by atoms with E-state index < -0.39 is 5.60 Å². The van der Waals surface area contributed by atoms with Gasteiger partial charge in [-0.2, -0.15) is 0 Å². The molecule has 3 aromatic heterocycles. The van der Waals surface area contributed by atoms with Gasteiger partial charge in [-0.1, -0.05) is 6.07 Å². The average molecular weight is 524 g/mol. The standard InChI is InChI=1S/C21H28N6O2.HI/c1-5-23-20(26-13-21(4,28)18-10-15(2)29-16(18)3)25-12-17-6-7-19(24-11-17)27-9-8-22-14-27;/h6-11,14,28H,5,12-13H2,1-4H3,(H2,23,25,26);1H. The van der Waals surface area contributed by atoms with Crippen molar-refractivity contribution < 1.29 is 9.52 Å². The number of pyridine rings is 1. The molecule has 0 aliphatic rings. The van der Waals surface area contributed by atoms with Crippen molar-refractivity contribution in [1.29, 1.82) is 0 Å². The Balaban J connectivity index is 0.00000320. The maximum Gasteiger partial charge on any atom is 0.191 e. The summed E-state index contributed by atoms with van der Waals surface area (Å²) in [5, 5.41) is 17.3. The van der Waals surface area contributed by atoms with E-state index in [2.05, 4.69) is 25.6 Å². The van der Waals surface area contributed by atoms with Crippen molar-refractivity contribution in [3.05, 3.63) is 65.8 Å². The molecule has 0 aromatic carbocycles. The Morgan fingerprint density at radius 2 is 2.10 bits per heavy atom. The van der Waals surface area contributed by atoms with Gasteiger partial charge in [0, 0.05) is 30.7 Å². The van der Waals surface area contributed by atoms with Crippen molar-refractivity contribution >= 4 is 29.9 Å². The van der Waals surface area contributed by atoms with Crippen LogP contribution in [-0.4, -0.2) is 38.7 Å². The van der Waals surface area contributed by atoms with Gasteiger partial charge in [0.15, 0.2) is 5.96 Å². The van der Waals surface area contributed by atoms with Crippen LogP contribution in [0.15, 0.2) is 52.5 Å². The van der Waals surface area contributed by atoms with E-state index in [4.69, 9.17) is 4.42 Å². The number of guanidine groups is 1. The first-order valence-corrected chi connectivity index (χ1v) is 9.64. The first-order chi connectivity index (χ1) is 13.9. The van der Waals surface area contributed by atoms with Gasteiger partial charge in [-0.05, 0) is 45.4 Å². The molecule has 3 heterocycles. The number of rotatable bonds is 7. The molecule has 0 saturated heterocycles. The van der Waals surface area contributed by atoms with E-state index in [0.717, 1.165) is 35.0 Å². The number of imidazole rings is 1. The van der Waals surface area contributed by atoms with Crippen molar-refractivity contribution in [2.75, 3.05) is 13.1 Å². The van der Waals surface area contributed by atoms with E-state index in [0.29, 0.717) is 19.0 Å². The molecule has 1 unspecified atom stereocenters. The van der Waals surface area contributed by atoms with Crippen LogP contribution in [0.2, 0.25) is 0 Å². The van der Waals surface area contributed by atoms with E-state index in [9.17, 15) is 5.11 Å². The Kier molecular flexibility index (Phi) is 8.42. The topological polar surface area (TPSA) is 100 Å². The summed E-state index contributed by atoms with van der Waals surface area (Å²) >= 11 is 0. The second kappa shape index (κ2) is 10.6. The van der Waals surface area contributed by atoms with Gasteiger partial charge in [-0.3, -0.25) is 4.57 Å². The van der Waals surface area contributed by atoms with Crippen LogP contribution in [-0.2, 0) is 12.1 Å². The smallest absolute Gasteiger partial charge is 0.191 e. The van der Waals surface area contributed by atoms with Crippen LogP contribution < -0.4 is 10.6 Å². The average Bonchev–Trinajstić information content (AvgIpc) is 3.34. The summed E-state index contributed by atoms with van der Waals surface area (Å²) in [6.45, 7) is 8.98. The van der Waals surface area contributed by atoms with E-state index >= 15 is 0 Å². The molecule has 0 radical (unpaired) electrons. The number of hydrogen-bond acceptors (Lipinski definition) is 5. The third-order valence-electron chi connectivity index (χ3n) is 4.56. The Hall–Kier alpha value is -2.40. The molecule has 0 spiro atoms. The predicted octanol–water partition coefficient (Wildman–Crippen LogP) is 3.06. The number of aliphatic imine (C=N–C) groups is 1. The third kappa shape index (κ3) is 6.05. The van der Waals surface area contributed by atoms with E-state index in [1.54, 1.807) is 25.6 Å². The lowest BCUT2D eigenvalue weighted by Crippen LogP contribution is -2.44. The molecule has 3 N–H and O–H groups in total. The number of aromatic nitrogens is 3. The lowest BCUT2D eigenvalue weighted by molar-refractivity contribution is 0.0601. The number of furan rings is 1. The zero-order chi connectivity index (χ0) is 20.9. The maximum absolute atomic E-state index is 10.9. The summed E-state index contributed by atoms with van der Waals surface area (Å²) in [4.78, 5) is 13.1. The normalized spacial score (nSPS) is 13.4. The highest BCUT2D eigenvalue weighted by atomic mass is 127. The molecule has 3 rings (SSSR count). The molecule has 8 nitrogen and oxygen atoms in total. The summed E-state index contributed by atoms with van der Waals surface area (Å²) in [5.74, 6) is 2.94. The SMILES string of the molecule is CCNC(=NCc1ccc(-n2ccnc2)nc1)NCC(C)(O)c1cc(C)oc1C.I. The van der Waals surface area contributed by atoms with Crippen LogP contribution >= 0.6 is 24.0 Å². The fourth-order valence-electron chi connectivity index (χ4n) is 3.09. The summed E-state index contributed by atoms with van der Waals surface area (Å²) in [6.07, 6.45) is 7.08. The molecule has 162 valence electrons. The zero-order valence-electron chi connectivity index (χ0n) is 17.7. The molecule has 9 heteroatoms. The highest BCUT2D eigenvalue weighted by molar-refractivity contribution is 14.0.